The molecule has 0 unspecified atom stereocenters. The van der Waals surface area contributed by atoms with Gasteiger partial charge in [0.2, 0.25) is 0 Å². The fourth-order valence-electron chi connectivity index (χ4n) is 2.31. The molecule has 1 heterocycles. The summed E-state index contributed by atoms with van der Waals surface area (Å²) in [4.78, 5) is 15.5. The van der Waals surface area contributed by atoms with Gasteiger partial charge in [-0.2, -0.15) is 0 Å². The normalized spacial score (nSPS) is 23.1. The molecule has 2 atom stereocenters. The molecule has 19 heavy (non-hydrogen) atoms. The molecule has 6 heteroatoms. The number of carbonyl (C=O) groups is 1. The highest BCUT2D eigenvalue weighted by atomic mass is 35.5. The molecule has 0 saturated heterocycles. The Kier molecular flexibility index (Phi) is 4.71. The smallest absolute Gasteiger partial charge is 0.273 e. The number of nitrogens with one attached hydrogen (secondary N) is 1. The number of nitrogens with zero attached hydrogens (tertiary/aromatic N) is 1. The van der Waals surface area contributed by atoms with Crippen LogP contribution in [0.3, 0.4) is 0 Å². The Morgan fingerprint density at radius 2 is 2.26 bits per heavy atom. The molecular formula is C13H16ClFN2O2. The number of aliphatic hydroxyl groups is 1. The fraction of sp³-hybridized carbons (Fsp3) is 0.538. The van der Waals surface area contributed by atoms with Crippen LogP contribution in [0.2, 0.25) is 5.02 Å². The van der Waals surface area contributed by atoms with E-state index in [1.54, 1.807) is 0 Å². The van der Waals surface area contributed by atoms with E-state index in [0.717, 1.165) is 25.7 Å². The van der Waals surface area contributed by atoms with Gasteiger partial charge in [0.15, 0.2) is 11.5 Å². The topological polar surface area (TPSA) is 62.2 Å². The largest absolute Gasteiger partial charge is 0.393 e. The first-order chi connectivity index (χ1) is 9.09. The lowest BCUT2D eigenvalue weighted by Gasteiger charge is -2.27. The second-order valence-electron chi connectivity index (χ2n) is 4.78. The molecule has 2 N–H and O–H groups in total. The third-order valence-corrected chi connectivity index (χ3v) is 3.74. The van der Waals surface area contributed by atoms with Crippen LogP contribution in [-0.2, 0) is 0 Å². The zero-order valence-electron chi connectivity index (χ0n) is 10.4. The van der Waals surface area contributed by atoms with Crippen LogP contribution in [0.4, 0.5) is 4.39 Å². The van der Waals surface area contributed by atoms with E-state index in [4.69, 9.17) is 11.6 Å². The first-order valence-electron chi connectivity index (χ1n) is 6.36. The first-order valence-corrected chi connectivity index (χ1v) is 6.73. The number of pyridine rings is 1. The summed E-state index contributed by atoms with van der Waals surface area (Å²) in [6.45, 7) is 0.327. The van der Waals surface area contributed by atoms with Crippen LogP contribution in [0.5, 0.6) is 0 Å². The van der Waals surface area contributed by atoms with Gasteiger partial charge in [-0.05, 0) is 18.9 Å². The number of hydrogen-bond acceptors (Lipinski definition) is 3. The zero-order chi connectivity index (χ0) is 13.8. The third-order valence-electron chi connectivity index (χ3n) is 3.45. The van der Waals surface area contributed by atoms with E-state index in [2.05, 4.69) is 10.3 Å². The number of amides is 1. The Hall–Kier alpha value is -1.20. The van der Waals surface area contributed by atoms with Crippen molar-refractivity contribution in [1.82, 2.24) is 10.3 Å². The quantitative estimate of drug-likeness (QED) is 0.895. The minimum atomic E-state index is -0.814. The van der Waals surface area contributed by atoms with Gasteiger partial charge >= 0.3 is 0 Å². The molecule has 2 rings (SSSR count). The van der Waals surface area contributed by atoms with Crippen molar-refractivity contribution in [2.24, 2.45) is 5.92 Å². The molecule has 0 aliphatic heterocycles. The third kappa shape index (κ3) is 3.42. The summed E-state index contributed by atoms with van der Waals surface area (Å²) in [5.41, 5.74) is -0.308. The Balaban J connectivity index is 1.95. The molecule has 4 nitrogen and oxygen atoms in total. The van der Waals surface area contributed by atoms with Crippen molar-refractivity contribution in [3.05, 3.63) is 28.8 Å². The molecule has 1 aromatic heterocycles. The lowest BCUT2D eigenvalue weighted by atomic mass is 9.86. The van der Waals surface area contributed by atoms with Gasteiger partial charge in [-0.25, -0.2) is 9.37 Å². The Bertz CT molecular complexity index is 470. The van der Waals surface area contributed by atoms with E-state index < -0.39 is 17.8 Å². The van der Waals surface area contributed by atoms with Gasteiger partial charge in [0.25, 0.3) is 5.91 Å². The van der Waals surface area contributed by atoms with Crippen molar-refractivity contribution in [1.29, 1.82) is 0 Å². The Morgan fingerprint density at radius 3 is 3.00 bits per heavy atom. The van der Waals surface area contributed by atoms with Crippen LogP contribution < -0.4 is 5.32 Å². The summed E-state index contributed by atoms with van der Waals surface area (Å²) >= 11 is 5.59. The highest BCUT2D eigenvalue weighted by Gasteiger charge is 2.24. The number of hydrogen-bond donors (Lipinski definition) is 2. The number of rotatable bonds is 3. The van der Waals surface area contributed by atoms with Gasteiger partial charge in [-0.3, -0.25) is 4.79 Å². The van der Waals surface area contributed by atoms with Crippen molar-refractivity contribution in [3.8, 4) is 0 Å². The molecule has 1 amide bonds. The molecule has 104 valence electrons. The Labute approximate surface area is 116 Å². The summed E-state index contributed by atoms with van der Waals surface area (Å²) in [5.74, 6) is -1.39. The van der Waals surface area contributed by atoms with Gasteiger partial charge < -0.3 is 10.4 Å². The number of halogens is 2. The predicted molar refractivity (Wildman–Crippen MR) is 69.5 cm³/mol. The van der Waals surface area contributed by atoms with Crippen molar-refractivity contribution in [3.63, 3.8) is 0 Å². The van der Waals surface area contributed by atoms with Crippen molar-refractivity contribution < 1.29 is 14.3 Å². The molecule has 1 fully saturated rings. The summed E-state index contributed by atoms with van der Waals surface area (Å²) < 4.78 is 13.6. The SMILES string of the molecule is O=C(NC[C@@H]1CCCC[C@@H]1O)c1nccc(Cl)c1F. The molecule has 0 spiro atoms. The molecule has 0 bridgehead atoms. The monoisotopic (exact) mass is 286 g/mol. The van der Waals surface area contributed by atoms with Crippen molar-refractivity contribution in [2.45, 2.75) is 31.8 Å². The molecule has 0 aromatic carbocycles. The van der Waals surface area contributed by atoms with Crippen molar-refractivity contribution in [2.75, 3.05) is 6.54 Å². The Morgan fingerprint density at radius 1 is 1.53 bits per heavy atom. The molecule has 1 aliphatic rings. The first kappa shape index (κ1) is 14.2. The van der Waals surface area contributed by atoms with Crippen molar-refractivity contribution >= 4 is 17.5 Å². The zero-order valence-corrected chi connectivity index (χ0v) is 11.2. The maximum atomic E-state index is 13.6. The second kappa shape index (κ2) is 6.30. The summed E-state index contributed by atoms with van der Waals surface area (Å²) in [6.07, 6.45) is 4.57. The van der Waals surface area contributed by atoms with Crippen LogP contribution in [0.25, 0.3) is 0 Å². The highest BCUT2D eigenvalue weighted by molar-refractivity contribution is 6.31. The van der Waals surface area contributed by atoms with Gasteiger partial charge in [-0.15, -0.1) is 0 Å². The van der Waals surface area contributed by atoms with E-state index >= 15 is 0 Å². The van der Waals surface area contributed by atoms with E-state index in [-0.39, 0.29) is 16.6 Å². The molecule has 0 radical (unpaired) electrons. The number of aromatic nitrogens is 1. The number of aliphatic hydroxyl groups excluding tert-OH is 1. The molecule has 1 aliphatic carbocycles. The average molecular weight is 287 g/mol. The van der Waals surface area contributed by atoms with Gasteiger partial charge in [0, 0.05) is 18.7 Å². The lowest BCUT2D eigenvalue weighted by Crippen LogP contribution is -2.37. The molecular weight excluding hydrogens is 271 g/mol. The second-order valence-corrected chi connectivity index (χ2v) is 5.18. The number of carbonyl (C=O) groups excluding carboxylic acids is 1. The molecule has 1 aromatic rings. The lowest BCUT2D eigenvalue weighted by molar-refractivity contribution is 0.0660. The van der Waals surface area contributed by atoms with Crippen LogP contribution >= 0.6 is 11.6 Å². The van der Waals surface area contributed by atoms with Gasteiger partial charge in [0.05, 0.1) is 11.1 Å². The summed E-state index contributed by atoms with van der Waals surface area (Å²) in [6, 6.07) is 1.29. The van der Waals surface area contributed by atoms with Crippen LogP contribution in [-0.4, -0.2) is 28.6 Å². The highest BCUT2D eigenvalue weighted by Crippen LogP contribution is 2.23. The van der Waals surface area contributed by atoms with Gasteiger partial charge in [0.1, 0.15) is 0 Å². The van der Waals surface area contributed by atoms with Gasteiger partial charge in [-0.1, -0.05) is 24.4 Å². The average Bonchev–Trinajstić information content (AvgIpc) is 2.40. The summed E-state index contributed by atoms with van der Waals surface area (Å²) in [7, 11) is 0. The molecule has 1 saturated carbocycles. The minimum Gasteiger partial charge on any atom is -0.393 e. The van der Waals surface area contributed by atoms with Crippen LogP contribution in [0.15, 0.2) is 12.3 Å². The van der Waals surface area contributed by atoms with E-state index in [1.165, 1.54) is 12.3 Å². The summed E-state index contributed by atoms with van der Waals surface area (Å²) in [5, 5.41) is 12.3. The van der Waals surface area contributed by atoms with Crippen LogP contribution in [0.1, 0.15) is 36.2 Å². The maximum Gasteiger partial charge on any atom is 0.273 e. The maximum absolute atomic E-state index is 13.6. The van der Waals surface area contributed by atoms with Crippen LogP contribution in [0, 0.1) is 11.7 Å². The fourth-order valence-corrected chi connectivity index (χ4v) is 2.46. The van der Waals surface area contributed by atoms with E-state index in [1.807, 2.05) is 0 Å². The standard InChI is InChI=1S/C13H16ClFN2O2/c14-9-5-6-16-12(11(9)15)13(19)17-7-8-3-1-2-4-10(8)18/h5-6,8,10,18H,1-4,7H2,(H,17,19)/t8-,10-/m0/s1. The minimum absolute atomic E-state index is 0.0277. The van der Waals surface area contributed by atoms with E-state index in [0.29, 0.717) is 6.54 Å². The predicted octanol–water partition coefficient (Wildman–Crippen LogP) is 2.16. The van der Waals surface area contributed by atoms with E-state index in [9.17, 15) is 14.3 Å².